The number of hydrogen-bond donors (Lipinski definition) is 1. The van der Waals surface area contributed by atoms with Crippen LogP contribution in [0.3, 0.4) is 0 Å². The summed E-state index contributed by atoms with van der Waals surface area (Å²) in [6.45, 7) is 4.42. The number of anilines is 2. The van der Waals surface area contributed by atoms with Gasteiger partial charge >= 0.3 is 0 Å². The Morgan fingerprint density at radius 1 is 1.32 bits per heavy atom. The van der Waals surface area contributed by atoms with Crippen LogP contribution >= 0.6 is 0 Å². The van der Waals surface area contributed by atoms with Crippen molar-refractivity contribution in [2.45, 2.75) is 6.42 Å². The number of carbonyl (C=O) groups is 1. The van der Waals surface area contributed by atoms with Gasteiger partial charge in [0.2, 0.25) is 5.91 Å². The van der Waals surface area contributed by atoms with Gasteiger partial charge in [0, 0.05) is 37.6 Å². The molecule has 2 aliphatic heterocycles. The van der Waals surface area contributed by atoms with Gasteiger partial charge in [-0.1, -0.05) is 5.92 Å². The molecule has 2 aliphatic rings. The Morgan fingerprint density at radius 2 is 2.11 bits per heavy atom. The maximum atomic E-state index is 11.9. The van der Waals surface area contributed by atoms with E-state index < -0.39 is 0 Å². The first kappa shape index (κ1) is 12.1. The van der Waals surface area contributed by atoms with Crippen molar-refractivity contribution in [3.8, 4) is 12.3 Å². The van der Waals surface area contributed by atoms with Crippen molar-refractivity contribution < 1.29 is 4.79 Å². The van der Waals surface area contributed by atoms with Crippen LogP contribution < -0.4 is 15.1 Å². The number of fused-ring (bicyclic) bond motifs is 1. The van der Waals surface area contributed by atoms with Crippen molar-refractivity contribution in [2.24, 2.45) is 0 Å². The summed E-state index contributed by atoms with van der Waals surface area (Å²) in [7, 11) is 0. The van der Waals surface area contributed by atoms with Crippen molar-refractivity contribution >= 4 is 17.3 Å². The van der Waals surface area contributed by atoms with Crippen LogP contribution in [-0.2, 0) is 11.2 Å². The molecule has 0 unspecified atom stereocenters. The van der Waals surface area contributed by atoms with E-state index in [1.54, 1.807) is 4.90 Å². The second-order valence-corrected chi connectivity index (χ2v) is 4.91. The topological polar surface area (TPSA) is 35.6 Å². The fraction of sp³-hybridized carbons (Fsp3) is 0.400. The fourth-order valence-electron chi connectivity index (χ4n) is 2.75. The number of hydrogen-bond acceptors (Lipinski definition) is 3. The minimum atomic E-state index is 0.102. The van der Waals surface area contributed by atoms with E-state index in [0.717, 1.165) is 37.4 Å². The summed E-state index contributed by atoms with van der Waals surface area (Å²) in [6.07, 6.45) is 5.78. The predicted molar refractivity (Wildman–Crippen MR) is 76.4 cm³/mol. The summed E-state index contributed by atoms with van der Waals surface area (Å²) < 4.78 is 0. The molecule has 0 aliphatic carbocycles. The molecular weight excluding hydrogens is 238 g/mol. The molecule has 1 aromatic rings. The highest BCUT2D eigenvalue weighted by Gasteiger charge is 2.27. The van der Waals surface area contributed by atoms with Crippen LogP contribution in [0.25, 0.3) is 0 Å². The second-order valence-electron chi connectivity index (χ2n) is 4.91. The fourth-order valence-corrected chi connectivity index (χ4v) is 2.75. The third-order valence-electron chi connectivity index (χ3n) is 3.73. The lowest BCUT2D eigenvalue weighted by atomic mass is 10.1. The number of carbonyl (C=O) groups excluding carboxylic acids is 1. The van der Waals surface area contributed by atoms with E-state index in [4.69, 9.17) is 6.42 Å². The molecule has 0 aromatic heterocycles. The van der Waals surface area contributed by atoms with Crippen LogP contribution in [0, 0.1) is 12.3 Å². The molecule has 0 bridgehead atoms. The Hall–Kier alpha value is -1.99. The van der Waals surface area contributed by atoms with E-state index >= 15 is 0 Å². The van der Waals surface area contributed by atoms with Gasteiger partial charge in [0.25, 0.3) is 0 Å². The minimum Gasteiger partial charge on any atom is -0.369 e. The average Bonchev–Trinajstić information content (AvgIpc) is 2.76. The van der Waals surface area contributed by atoms with Gasteiger partial charge in [0.1, 0.15) is 0 Å². The highest BCUT2D eigenvalue weighted by Crippen LogP contribution is 2.32. The van der Waals surface area contributed by atoms with Crippen molar-refractivity contribution in [3.05, 3.63) is 23.8 Å². The predicted octanol–water partition coefficient (Wildman–Crippen LogP) is 0.619. The quantitative estimate of drug-likeness (QED) is 0.787. The summed E-state index contributed by atoms with van der Waals surface area (Å²) in [6, 6.07) is 6.25. The van der Waals surface area contributed by atoms with Crippen LogP contribution in [0.1, 0.15) is 5.56 Å². The number of benzene rings is 1. The van der Waals surface area contributed by atoms with Gasteiger partial charge < -0.3 is 15.1 Å². The number of nitrogens with zero attached hydrogens (tertiary/aromatic N) is 2. The number of nitrogens with one attached hydrogen (secondary N) is 1. The smallest absolute Gasteiger partial charge is 0.232 e. The van der Waals surface area contributed by atoms with E-state index in [-0.39, 0.29) is 5.91 Å². The molecule has 19 heavy (non-hydrogen) atoms. The lowest BCUT2D eigenvalue weighted by Crippen LogP contribution is -2.43. The van der Waals surface area contributed by atoms with Gasteiger partial charge in [-0.2, -0.15) is 0 Å². The summed E-state index contributed by atoms with van der Waals surface area (Å²) in [5, 5.41) is 3.34. The van der Waals surface area contributed by atoms with E-state index in [1.165, 1.54) is 5.69 Å². The second kappa shape index (κ2) is 4.94. The van der Waals surface area contributed by atoms with Crippen molar-refractivity contribution in [3.63, 3.8) is 0 Å². The Kier molecular flexibility index (Phi) is 3.14. The molecule has 98 valence electrons. The van der Waals surface area contributed by atoms with Crippen LogP contribution in [0.4, 0.5) is 11.4 Å². The monoisotopic (exact) mass is 255 g/mol. The lowest BCUT2D eigenvalue weighted by Gasteiger charge is -2.30. The van der Waals surface area contributed by atoms with Crippen LogP contribution in [-0.4, -0.2) is 38.6 Å². The van der Waals surface area contributed by atoms with Crippen LogP contribution in [0.5, 0.6) is 0 Å². The van der Waals surface area contributed by atoms with Gasteiger partial charge in [-0.25, -0.2) is 0 Å². The Morgan fingerprint density at radius 3 is 2.84 bits per heavy atom. The zero-order valence-corrected chi connectivity index (χ0v) is 10.9. The van der Waals surface area contributed by atoms with Gasteiger partial charge in [-0.15, -0.1) is 6.42 Å². The standard InChI is InChI=1S/C15H17N3O/c1-2-7-18-14-4-3-13(10-12(14)11-15(18)19)17-8-5-16-6-9-17/h1,3-4,10,16H,5-9,11H2. The van der Waals surface area contributed by atoms with Crippen molar-refractivity contribution in [2.75, 3.05) is 42.5 Å². The highest BCUT2D eigenvalue weighted by atomic mass is 16.2. The Balaban J connectivity index is 1.87. The van der Waals surface area contributed by atoms with Crippen molar-refractivity contribution in [1.29, 1.82) is 0 Å². The number of rotatable bonds is 2. The first-order valence-electron chi connectivity index (χ1n) is 6.62. The summed E-state index contributed by atoms with van der Waals surface area (Å²) in [5.41, 5.74) is 3.27. The average molecular weight is 255 g/mol. The summed E-state index contributed by atoms with van der Waals surface area (Å²) in [4.78, 5) is 16.0. The third kappa shape index (κ3) is 2.18. The van der Waals surface area contributed by atoms with E-state index in [0.29, 0.717) is 13.0 Å². The van der Waals surface area contributed by atoms with E-state index in [2.05, 4.69) is 28.3 Å². The third-order valence-corrected chi connectivity index (χ3v) is 3.73. The lowest BCUT2D eigenvalue weighted by molar-refractivity contribution is -0.117. The summed E-state index contributed by atoms with van der Waals surface area (Å²) >= 11 is 0. The molecule has 0 radical (unpaired) electrons. The van der Waals surface area contributed by atoms with Gasteiger partial charge in [-0.3, -0.25) is 4.79 Å². The number of terminal acetylenes is 1. The van der Waals surface area contributed by atoms with Gasteiger partial charge in [0.05, 0.1) is 13.0 Å². The molecule has 1 amide bonds. The zero-order chi connectivity index (χ0) is 13.2. The molecule has 4 heteroatoms. The maximum absolute atomic E-state index is 11.9. The highest BCUT2D eigenvalue weighted by molar-refractivity contribution is 6.02. The molecule has 0 atom stereocenters. The van der Waals surface area contributed by atoms with Crippen LogP contribution in [0.2, 0.25) is 0 Å². The van der Waals surface area contributed by atoms with Crippen LogP contribution in [0.15, 0.2) is 18.2 Å². The Bertz CT molecular complexity index is 541. The van der Waals surface area contributed by atoms with Gasteiger partial charge in [-0.05, 0) is 23.8 Å². The van der Waals surface area contributed by atoms with Gasteiger partial charge in [0.15, 0.2) is 0 Å². The molecule has 4 nitrogen and oxygen atoms in total. The molecule has 1 aromatic carbocycles. The molecule has 1 N–H and O–H groups in total. The molecule has 2 heterocycles. The largest absolute Gasteiger partial charge is 0.369 e. The molecule has 0 saturated carbocycles. The summed E-state index contributed by atoms with van der Waals surface area (Å²) in [5.74, 6) is 2.65. The van der Waals surface area contributed by atoms with E-state index in [9.17, 15) is 4.79 Å². The molecule has 0 spiro atoms. The molecule has 1 fully saturated rings. The van der Waals surface area contributed by atoms with Crippen molar-refractivity contribution in [1.82, 2.24) is 5.32 Å². The molecule has 1 saturated heterocycles. The molecular formula is C15H17N3O. The maximum Gasteiger partial charge on any atom is 0.232 e. The minimum absolute atomic E-state index is 0.102. The number of piperazine rings is 1. The first-order chi connectivity index (χ1) is 9.29. The Labute approximate surface area is 113 Å². The normalized spacial score (nSPS) is 18.4. The SMILES string of the molecule is C#CCN1C(=O)Cc2cc(N3CCNCC3)ccc21. The zero-order valence-electron chi connectivity index (χ0n) is 10.9. The number of amides is 1. The first-order valence-corrected chi connectivity index (χ1v) is 6.62. The molecule has 3 rings (SSSR count). The van der Waals surface area contributed by atoms with E-state index in [1.807, 2.05) is 6.07 Å².